The second kappa shape index (κ2) is 9.61. The van der Waals surface area contributed by atoms with E-state index in [1.807, 2.05) is 62.4 Å². The SMILES string of the molecule is CCOc1ccc([C@H]2C(C(=O)OC)=C(C)N=C3C[C@@H](c4ccc(OC)cc4)CC(=O)C32)cc1. The number of hydrogen-bond donors (Lipinski definition) is 0. The molecule has 0 radical (unpaired) electrons. The molecule has 0 spiro atoms. The molecule has 1 aliphatic carbocycles. The molecule has 0 aromatic heterocycles. The summed E-state index contributed by atoms with van der Waals surface area (Å²) >= 11 is 0. The summed E-state index contributed by atoms with van der Waals surface area (Å²) in [6.07, 6.45) is 1.07. The molecule has 0 N–H and O–H groups in total. The van der Waals surface area contributed by atoms with Crippen molar-refractivity contribution < 1.29 is 23.8 Å². The minimum atomic E-state index is -0.477. The lowest BCUT2D eigenvalue weighted by Gasteiger charge is -2.38. The Morgan fingerprint density at radius 2 is 1.58 bits per heavy atom. The molecular weight excluding hydrogens is 418 g/mol. The molecule has 1 fully saturated rings. The number of nitrogens with zero attached hydrogens (tertiary/aromatic N) is 1. The maximum atomic E-state index is 13.5. The first-order valence-electron chi connectivity index (χ1n) is 11.2. The van der Waals surface area contributed by atoms with E-state index in [2.05, 4.69) is 0 Å². The summed E-state index contributed by atoms with van der Waals surface area (Å²) in [6.45, 7) is 4.32. The lowest BCUT2D eigenvalue weighted by molar-refractivity contribution is -0.136. The summed E-state index contributed by atoms with van der Waals surface area (Å²) in [5, 5.41) is 0. The van der Waals surface area contributed by atoms with Crippen molar-refractivity contribution in [2.24, 2.45) is 10.9 Å². The first kappa shape index (κ1) is 22.8. The van der Waals surface area contributed by atoms with Crippen molar-refractivity contribution >= 4 is 17.5 Å². The fourth-order valence-electron chi connectivity index (χ4n) is 4.96. The minimum Gasteiger partial charge on any atom is -0.497 e. The molecule has 1 aliphatic heterocycles. The van der Waals surface area contributed by atoms with Gasteiger partial charge >= 0.3 is 5.97 Å². The third-order valence-electron chi connectivity index (χ3n) is 6.50. The van der Waals surface area contributed by atoms with Crippen LogP contribution in [0, 0.1) is 5.92 Å². The fraction of sp³-hybridized carbons (Fsp3) is 0.370. The highest BCUT2D eigenvalue weighted by Gasteiger charge is 2.45. The second-order valence-electron chi connectivity index (χ2n) is 8.40. The van der Waals surface area contributed by atoms with Crippen LogP contribution in [-0.4, -0.2) is 38.3 Å². The third-order valence-corrected chi connectivity index (χ3v) is 6.50. The maximum absolute atomic E-state index is 13.5. The summed E-state index contributed by atoms with van der Waals surface area (Å²) in [5.74, 6) is 0.326. The number of benzene rings is 2. The Balaban J connectivity index is 1.73. The third kappa shape index (κ3) is 4.42. The summed E-state index contributed by atoms with van der Waals surface area (Å²) in [5.41, 5.74) is 3.85. The van der Waals surface area contributed by atoms with E-state index >= 15 is 0 Å². The normalized spacial score (nSPS) is 22.4. The number of rotatable bonds is 6. The van der Waals surface area contributed by atoms with Gasteiger partial charge in [0.15, 0.2) is 0 Å². The smallest absolute Gasteiger partial charge is 0.336 e. The second-order valence-corrected chi connectivity index (χ2v) is 8.40. The summed E-state index contributed by atoms with van der Waals surface area (Å²) in [7, 11) is 3.00. The van der Waals surface area contributed by atoms with Crippen LogP contribution in [0.5, 0.6) is 11.5 Å². The van der Waals surface area contributed by atoms with Gasteiger partial charge in [0.25, 0.3) is 0 Å². The van der Waals surface area contributed by atoms with Gasteiger partial charge < -0.3 is 14.2 Å². The molecule has 2 aliphatic rings. The van der Waals surface area contributed by atoms with E-state index in [1.54, 1.807) is 7.11 Å². The lowest BCUT2D eigenvalue weighted by Crippen LogP contribution is -2.41. The Labute approximate surface area is 194 Å². The Morgan fingerprint density at radius 1 is 0.939 bits per heavy atom. The van der Waals surface area contributed by atoms with Crippen LogP contribution in [0.3, 0.4) is 0 Å². The molecule has 6 nitrogen and oxygen atoms in total. The van der Waals surface area contributed by atoms with Crippen LogP contribution in [0.2, 0.25) is 0 Å². The first-order chi connectivity index (χ1) is 16.0. The molecule has 0 saturated heterocycles. The Bertz CT molecular complexity index is 1100. The molecule has 1 saturated carbocycles. The standard InChI is InChI=1S/C27H29NO5/c1-5-33-21-12-8-18(9-13-21)25-24(27(30)32-4)16(2)28-22-14-19(15-23(29)26(22)25)17-6-10-20(31-3)11-7-17/h6-13,19,25-26H,5,14-15H2,1-4H3/t19-,25+,26?/m1/s1. The van der Waals surface area contributed by atoms with Crippen LogP contribution in [0.1, 0.15) is 49.7 Å². The van der Waals surface area contributed by atoms with Crippen molar-refractivity contribution in [1.29, 1.82) is 0 Å². The van der Waals surface area contributed by atoms with Crippen molar-refractivity contribution in [3.05, 3.63) is 70.9 Å². The number of aliphatic imine (C=N–C) groups is 1. The molecule has 2 aromatic carbocycles. The Morgan fingerprint density at radius 3 is 2.18 bits per heavy atom. The highest BCUT2D eigenvalue weighted by Crippen LogP contribution is 2.46. The zero-order valence-corrected chi connectivity index (χ0v) is 19.5. The monoisotopic (exact) mass is 447 g/mol. The molecule has 3 atom stereocenters. The quantitative estimate of drug-likeness (QED) is 0.593. The highest BCUT2D eigenvalue weighted by molar-refractivity contribution is 6.12. The number of hydrogen-bond acceptors (Lipinski definition) is 6. The topological polar surface area (TPSA) is 74.2 Å². The van der Waals surface area contributed by atoms with E-state index in [1.165, 1.54) is 7.11 Å². The summed E-state index contributed by atoms with van der Waals surface area (Å²) in [4.78, 5) is 31.1. The summed E-state index contributed by atoms with van der Waals surface area (Å²) in [6, 6.07) is 15.5. The van der Waals surface area contributed by atoms with E-state index in [0.29, 0.717) is 30.7 Å². The Kier molecular flexibility index (Phi) is 6.63. The number of esters is 1. The molecule has 1 heterocycles. The van der Waals surface area contributed by atoms with Crippen molar-refractivity contribution in [3.8, 4) is 11.5 Å². The van der Waals surface area contributed by atoms with E-state index < -0.39 is 17.8 Å². The van der Waals surface area contributed by atoms with Gasteiger partial charge in [0.2, 0.25) is 0 Å². The van der Waals surface area contributed by atoms with E-state index in [-0.39, 0.29) is 11.7 Å². The number of ether oxygens (including phenoxy) is 3. The Hall–Kier alpha value is -3.41. The van der Waals surface area contributed by atoms with E-state index in [0.717, 1.165) is 28.3 Å². The molecule has 2 aromatic rings. The van der Waals surface area contributed by atoms with Crippen molar-refractivity contribution in [2.75, 3.05) is 20.8 Å². The van der Waals surface area contributed by atoms with Crippen molar-refractivity contribution in [2.45, 2.75) is 38.5 Å². The van der Waals surface area contributed by atoms with Crippen LogP contribution >= 0.6 is 0 Å². The fourth-order valence-corrected chi connectivity index (χ4v) is 4.96. The number of carbonyl (C=O) groups is 2. The maximum Gasteiger partial charge on any atom is 0.336 e. The number of fused-ring (bicyclic) bond motifs is 1. The number of carbonyl (C=O) groups excluding carboxylic acids is 2. The van der Waals surface area contributed by atoms with Gasteiger partial charge in [-0.25, -0.2) is 4.79 Å². The number of Topliss-reactive ketones (excluding diaryl/α,β-unsaturated/α-hetero) is 1. The van der Waals surface area contributed by atoms with Crippen LogP contribution in [0.25, 0.3) is 0 Å². The van der Waals surface area contributed by atoms with Crippen LogP contribution in [0.4, 0.5) is 0 Å². The molecule has 172 valence electrons. The van der Waals surface area contributed by atoms with E-state index in [4.69, 9.17) is 19.2 Å². The molecule has 4 rings (SSSR count). The number of methoxy groups -OCH3 is 2. The van der Waals surface area contributed by atoms with Gasteiger partial charge in [0.05, 0.1) is 32.3 Å². The number of ketones is 1. The van der Waals surface area contributed by atoms with E-state index in [9.17, 15) is 9.59 Å². The zero-order valence-electron chi connectivity index (χ0n) is 19.5. The van der Waals surface area contributed by atoms with Gasteiger partial charge in [-0.3, -0.25) is 9.79 Å². The van der Waals surface area contributed by atoms with Gasteiger partial charge in [-0.1, -0.05) is 24.3 Å². The number of allylic oxidation sites excluding steroid dienone is 1. The largest absolute Gasteiger partial charge is 0.497 e. The molecule has 0 bridgehead atoms. The zero-order chi connectivity index (χ0) is 23.5. The van der Waals surface area contributed by atoms with Crippen LogP contribution in [-0.2, 0) is 14.3 Å². The predicted octanol–water partition coefficient (Wildman–Crippen LogP) is 4.84. The summed E-state index contributed by atoms with van der Waals surface area (Å²) < 4.78 is 15.9. The lowest BCUT2D eigenvalue weighted by atomic mass is 9.66. The van der Waals surface area contributed by atoms with Crippen LogP contribution in [0.15, 0.2) is 64.8 Å². The first-order valence-corrected chi connectivity index (χ1v) is 11.2. The highest BCUT2D eigenvalue weighted by atomic mass is 16.5. The van der Waals surface area contributed by atoms with Gasteiger partial charge in [-0.05, 0) is 61.6 Å². The van der Waals surface area contributed by atoms with Gasteiger partial charge in [0.1, 0.15) is 17.3 Å². The molecule has 1 unspecified atom stereocenters. The van der Waals surface area contributed by atoms with Crippen LogP contribution < -0.4 is 9.47 Å². The molecule has 0 amide bonds. The average molecular weight is 448 g/mol. The van der Waals surface area contributed by atoms with Gasteiger partial charge in [0, 0.05) is 23.7 Å². The molecule has 33 heavy (non-hydrogen) atoms. The average Bonchev–Trinajstić information content (AvgIpc) is 2.83. The molecule has 6 heteroatoms. The van der Waals surface area contributed by atoms with Gasteiger partial charge in [-0.15, -0.1) is 0 Å². The minimum absolute atomic E-state index is 0.0480. The van der Waals surface area contributed by atoms with Crippen molar-refractivity contribution in [1.82, 2.24) is 0 Å². The van der Waals surface area contributed by atoms with Gasteiger partial charge in [-0.2, -0.15) is 0 Å². The predicted molar refractivity (Wildman–Crippen MR) is 126 cm³/mol. The molecular formula is C27H29NO5. The van der Waals surface area contributed by atoms with Crippen molar-refractivity contribution in [3.63, 3.8) is 0 Å².